The highest BCUT2D eigenvalue weighted by atomic mass is 32.1. The van der Waals surface area contributed by atoms with E-state index in [1.807, 2.05) is 19.9 Å². The summed E-state index contributed by atoms with van der Waals surface area (Å²) >= 11 is 1.53. The Morgan fingerprint density at radius 2 is 1.89 bits per heavy atom. The summed E-state index contributed by atoms with van der Waals surface area (Å²) in [5, 5.41) is 16.5. The van der Waals surface area contributed by atoms with Crippen LogP contribution in [0.3, 0.4) is 0 Å². The van der Waals surface area contributed by atoms with Gasteiger partial charge in [-0.25, -0.2) is 18.7 Å². The highest BCUT2D eigenvalue weighted by molar-refractivity contribution is 7.21. The number of hydrogen-bond acceptors (Lipinski definition) is 8. The Balaban J connectivity index is 1.72. The highest BCUT2D eigenvalue weighted by Crippen LogP contribution is 2.36. The van der Waals surface area contributed by atoms with Crippen LogP contribution in [0.5, 0.6) is 0 Å². The molecular weight excluding hydrogens is 470 g/mol. The Hall–Kier alpha value is -3.24. The quantitative estimate of drug-likeness (QED) is 0.261. The first-order valence-electron chi connectivity index (χ1n) is 11.6. The number of nitrogens with one attached hydrogen (secondary N) is 2. The van der Waals surface area contributed by atoms with Crippen LogP contribution in [-0.2, 0) is 6.54 Å². The summed E-state index contributed by atoms with van der Waals surface area (Å²) in [5.41, 5.74) is 3.09. The van der Waals surface area contributed by atoms with Crippen LogP contribution in [0.15, 0.2) is 30.5 Å². The molecule has 0 amide bonds. The summed E-state index contributed by atoms with van der Waals surface area (Å²) in [5.74, 6) is -0.412. The van der Waals surface area contributed by atoms with Gasteiger partial charge in [0.1, 0.15) is 28.0 Å². The zero-order valence-electron chi connectivity index (χ0n) is 19.9. The second-order valence-electron chi connectivity index (χ2n) is 8.34. The average Bonchev–Trinajstić information content (AvgIpc) is 3.23. The van der Waals surface area contributed by atoms with Crippen molar-refractivity contribution >= 4 is 33.3 Å². The molecule has 35 heavy (non-hydrogen) atoms. The molecule has 3 N–H and O–H groups in total. The second-order valence-corrected chi connectivity index (χ2v) is 9.37. The first kappa shape index (κ1) is 24.9. The molecule has 0 saturated heterocycles. The number of aromatic nitrogens is 4. The molecule has 7 nitrogen and oxygen atoms in total. The van der Waals surface area contributed by atoms with Gasteiger partial charge in [0.15, 0.2) is 0 Å². The molecule has 184 valence electrons. The standard InChI is InChI=1S/C25H28F2N6OS/c1-4-16(7-6-10-34)31-23-22(24-32-20-13-28-14(2)11-21(20)35-24)15(3)30-25(33-23)29-12-17-18(26)8-5-9-19(17)27/h5,8-9,11,13,16,34H,4,6-7,10,12H2,1-3H3,(H2,29,30,31,33). The second kappa shape index (κ2) is 11.0. The lowest BCUT2D eigenvalue weighted by atomic mass is 10.1. The number of anilines is 2. The number of halogens is 2. The van der Waals surface area contributed by atoms with Crippen LogP contribution in [0.25, 0.3) is 20.8 Å². The topological polar surface area (TPSA) is 95.8 Å². The van der Waals surface area contributed by atoms with Gasteiger partial charge in [0.2, 0.25) is 5.95 Å². The van der Waals surface area contributed by atoms with Gasteiger partial charge in [-0.3, -0.25) is 4.98 Å². The average molecular weight is 499 g/mol. The molecule has 0 saturated carbocycles. The molecule has 1 atom stereocenters. The van der Waals surface area contributed by atoms with Crippen molar-refractivity contribution in [1.82, 2.24) is 19.9 Å². The number of thiazole rings is 1. The Bertz CT molecular complexity index is 1310. The van der Waals surface area contributed by atoms with Gasteiger partial charge in [0.25, 0.3) is 0 Å². The fourth-order valence-electron chi connectivity index (χ4n) is 3.83. The summed E-state index contributed by atoms with van der Waals surface area (Å²) in [6, 6.07) is 5.84. The predicted molar refractivity (Wildman–Crippen MR) is 136 cm³/mol. The van der Waals surface area contributed by atoms with Crippen molar-refractivity contribution in [3.63, 3.8) is 0 Å². The van der Waals surface area contributed by atoms with Crippen LogP contribution in [0.1, 0.15) is 43.1 Å². The van der Waals surface area contributed by atoms with Crippen LogP contribution in [0.2, 0.25) is 0 Å². The molecule has 0 bridgehead atoms. The summed E-state index contributed by atoms with van der Waals surface area (Å²) in [6.45, 7) is 5.88. The maximum absolute atomic E-state index is 14.1. The number of aryl methyl sites for hydroxylation is 2. The van der Waals surface area contributed by atoms with Crippen molar-refractivity contribution in [2.45, 2.75) is 52.6 Å². The predicted octanol–water partition coefficient (Wildman–Crippen LogP) is 5.62. The molecule has 1 aromatic carbocycles. The van der Waals surface area contributed by atoms with Gasteiger partial charge < -0.3 is 15.7 Å². The first-order valence-corrected chi connectivity index (χ1v) is 12.4. The van der Waals surface area contributed by atoms with Gasteiger partial charge in [0.05, 0.1) is 22.2 Å². The van der Waals surface area contributed by atoms with Crippen molar-refractivity contribution in [1.29, 1.82) is 0 Å². The van der Waals surface area contributed by atoms with Crippen molar-refractivity contribution < 1.29 is 13.9 Å². The van der Waals surface area contributed by atoms with Crippen molar-refractivity contribution in [3.05, 3.63) is 59.0 Å². The van der Waals surface area contributed by atoms with E-state index in [-0.39, 0.29) is 30.7 Å². The molecule has 0 fully saturated rings. The molecule has 0 aliphatic rings. The van der Waals surface area contributed by atoms with E-state index >= 15 is 0 Å². The zero-order chi connectivity index (χ0) is 24.9. The number of aliphatic hydroxyl groups is 1. The van der Waals surface area contributed by atoms with E-state index in [1.54, 1.807) is 6.20 Å². The molecule has 0 spiro atoms. The van der Waals surface area contributed by atoms with Gasteiger partial charge in [-0.1, -0.05) is 13.0 Å². The molecule has 0 radical (unpaired) electrons. The lowest BCUT2D eigenvalue weighted by molar-refractivity contribution is 0.280. The molecule has 3 heterocycles. The van der Waals surface area contributed by atoms with Gasteiger partial charge in [-0.05, 0) is 51.3 Å². The fraction of sp³-hybridized carbons (Fsp3) is 0.360. The summed E-state index contributed by atoms with van der Waals surface area (Å²) in [6.07, 6.45) is 4.01. The zero-order valence-corrected chi connectivity index (χ0v) is 20.7. The number of aliphatic hydroxyl groups excluding tert-OH is 1. The minimum atomic E-state index is -0.627. The van der Waals surface area contributed by atoms with Gasteiger partial charge in [-0.15, -0.1) is 11.3 Å². The lowest BCUT2D eigenvalue weighted by Gasteiger charge is -2.20. The smallest absolute Gasteiger partial charge is 0.225 e. The molecule has 1 unspecified atom stereocenters. The Kier molecular flexibility index (Phi) is 7.82. The maximum atomic E-state index is 14.1. The Labute approximate surface area is 206 Å². The Morgan fingerprint density at radius 1 is 1.11 bits per heavy atom. The molecule has 4 aromatic rings. The highest BCUT2D eigenvalue weighted by Gasteiger charge is 2.20. The third-order valence-electron chi connectivity index (χ3n) is 5.74. The van der Waals surface area contributed by atoms with Crippen LogP contribution < -0.4 is 10.6 Å². The van der Waals surface area contributed by atoms with Gasteiger partial charge in [0, 0.05) is 30.5 Å². The number of nitrogens with zero attached hydrogens (tertiary/aromatic N) is 4. The third-order valence-corrected chi connectivity index (χ3v) is 6.78. The normalized spacial score (nSPS) is 12.2. The molecule has 0 aliphatic carbocycles. The largest absolute Gasteiger partial charge is 0.396 e. The number of pyridine rings is 1. The van der Waals surface area contributed by atoms with E-state index in [4.69, 9.17) is 4.98 Å². The number of fused-ring (bicyclic) bond motifs is 1. The third kappa shape index (κ3) is 5.71. The van der Waals surface area contributed by atoms with Gasteiger partial charge in [-0.2, -0.15) is 4.98 Å². The van der Waals surface area contributed by atoms with Crippen molar-refractivity contribution in [2.24, 2.45) is 0 Å². The monoisotopic (exact) mass is 498 g/mol. The number of benzene rings is 1. The lowest BCUT2D eigenvalue weighted by Crippen LogP contribution is -2.21. The van der Waals surface area contributed by atoms with E-state index < -0.39 is 11.6 Å². The van der Waals surface area contributed by atoms with Crippen LogP contribution in [0.4, 0.5) is 20.5 Å². The number of rotatable bonds is 10. The molecule has 0 aliphatic heterocycles. The number of hydrogen-bond donors (Lipinski definition) is 3. The van der Waals surface area contributed by atoms with Crippen molar-refractivity contribution in [2.75, 3.05) is 17.2 Å². The van der Waals surface area contributed by atoms with E-state index in [1.165, 1.54) is 29.5 Å². The summed E-state index contributed by atoms with van der Waals surface area (Å²) in [7, 11) is 0. The van der Waals surface area contributed by atoms with Crippen molar-refractivity contribution in [3.8, 4) is 10.6 Å². The van der Waals surface area contributed by atoms with Crippen LogP contribution in [-0.4, -0.2) is 37.7 Å². The van der Waals surface area contributed by atoms with Crippen LogP contribution >= 0.6 is 11.3 Å². The van der Waals surface area contributed by atoms with E-state index in [9.17, 15) is 13.9 Å². The van der Waals surface area contributed by atoms with Crippen LogP contribution in [0, 0.1) is 25.5 Å². The molecule has 10 heteroatoms. The first-order chi connectivity index (χ1) is 16.9. The molecular formula is C25H28F2N6OS. The van der Waals surface area contributed by atoms with E-state index in [2.05, 4.69) is 32.5 Å². The van der Waals surface area contributed by atoms with E-state index in [0.717, 1.165) is 39.3 Å². The molecule has 3 aromatic heterocycles. The SMILES string of the molecule is CCC(CCCO)Nc1nc(NCc2c(F)cccc2F)nc(C)c1-c1nc2cnc(C)cc2s1. The van der Waals surface area contributed by atoms with Gasteiger partial charge >= 0.3 is 0 Å². The summed E-state index contributed by atoms with van der Waals surface area (Å²) in [4.78, 5) is 18.4. The maximum Gasteiger partial charge on any atom is 0.225 e. The minimum absolute atomic E-state index is 0.0734. The minimum Gasteiger partial charge on any atom is -0.396 e. The molecule has 4 rings (SSSR count). The van der Waals surface area contributed by atoms with E-state index in [0.29, 0.717) is 17.9 Å². The Morgan fingerprint density at radius 3 is 2.60 bits per heavy atom. The fourth-order valence-corrected chi connectivity index (χ4v) is 4.96. The summed E-state index contributed by atoms with van der Waals surface area (Å²) < 4.78 is 29.2.